The van der Waals surface area contributed by atoms with Gasteiger partial charge in [-0.3, -0.25) is 9.89 Å². The van der Waals surface area contributed by atoms with Crippen molar-refractivity contribution >= 4 is 5.91 Å². The summed E-state index contributed by atoms with van der Waals surface area (Å²) in [7, 11) is 0. The van der Waals surface area contributed by atoms with Gasteiger partial charge in [-0.1, -0.05) is 0 Å². The fourth-order valence-electron chi connectivity index (χ4n) is 3.27. The van der Waals surface area contributed by atoms with Gasteiger partial charge in [0.2, 0.25) is 0 Å². The van der Waals surface area contributed by atoms with Gasteiger partial charge in [-0.2, -0.15) is 5.10 Å². The molecule has 0 bridgehead atoms. The molecule has 1 saturated heterocycles. The van der Waals surface area contributed by atoms with Crippen LogP contribution in [-0.2, 0) is 0 Å². The number of aromatic nitrogens is 4. The van der Waals surface area contributed by atoms with Gasteiger partial charge >= 0.3 is 0 Å². The Hall–Kier alpha value is -2.11. The lowest BCUT2D eigenvalue weighted by Crippen LogP contribution is -2.39. The van der Waals surface area contributed by atoms with Crippen molar-refractivity contribution < 1.29 is 4.79 Å². The van der Waals surface area contributed by atoms with Crippen LogP contribution in [0.4, 0.5) is 0 Å². The van der Waals surface area contributed by atoms with Crippen molar-refractivity contribution in [1.82, 2.24) is 25.1 Å². The van der Waals surface area contributed by atoms with Crippen LogP contribution in [0.15, 0.2) is 18.6 Å². The van der Waals surface area contributed by atoms with Crippen LogP contribution in [0.1, 0.15) is 65.9 Å². The maximum atomic E-state index is 13.0. The molecule has 4 rings (SSSR count). The number of nitrogens with zero attached hydrogens (tertiary/aromatic N) is 3. The van der Waals surface area contributed by atoms with Gasteiger partial charge < -0.3 is 9.88 Å². The van der Waals surface area contributed by atoms with Gasteiger partial charge in [0.1, 0.15) is 12.2 Å². The number of piperidine rings is 1. The molecular formula is C15H19N5O. The van der Waals surface area contributed by atoms with Crippen LogP contribution < -0.4 is 0 Å². The van der Waals surface area contributed by atoms with Gasteiger partial charge in [-0.25, -0.2) is 4.98 Å². The predicted octanol–water partition coefficient (Wildman–Crippen LogP) is 2.38. The van der Waals surface area contributed by atoms with Crippen LogP contribution in [0.2, 0.25) is 0 Å². The van der Waals surface area contributed by atoms with E-state index in [9.17, 15) is 4.79 Å². The normalized spacial score (nSPS) is 22.5. The minimum atomic E-state index is 0.0238. The van der Waals surface area contributed by atoms with Crippen molar-refractivity contribution in [3.8, 4) is 0 Å². The summed E-state index contributed by atoms with van der Waals surface area (Å²) in [6, 6.07) is 1.94. The molecule has 2 aromatic rings. The van der Waals surface area contributed by atoms with Crippen LogP contribution in [-0.4, -0.2) is 37.5 Å². The molecular weight excluding hydrogens is 266 g/mol. The first-order valence-corrected chi connectivity index (χ1v) is 7.68. The molecule has 2 aromatic heterocycles. The summed E-state index contributed by atoms with van der Waals surface area (Å²) in [4.78, 5) is 22.4. The van der Waals surface area contributed by atoms with Crippen LogP contribution in [0, 0.1) is 0 Å². The molecule has 2 aliphatic rings. The van der Waals surface area contributed by atoms with Crippen LogP contribution in [0.5, 0.6) is 0 Å². The summed E-state index contributed by atoms with van der Waals surface area (Å²) in [6.45, 7) is 0.791. The van der Waals surface area contributed by atoms with Gasteiger partial charge in [0.25, 0.3) is 5.91 Å². The highest BCUT2D eigenvalue weighted by Gasteiger charge is 2.34. The molecule has 0 aromatic carbocycles. The number of carbonyl (C=O) groups is 1. The largest absolute Gasteiger partial charge is 0.364 e. The Morgan fingerprint density at radius 2 is 2.19 bits per heavy atom. The van der Waals surface area contributed by atoms with Crippen LogP contribution in [0.25, 0.3) is 0 Å². The molecule has 2 fully saturated rings. The zero-order valence-corrected chi connectivity index (χ0v) is 11.9. The molecule has 3 heterocycles. The van der Waals surface area contributed by atoms with E-state index in [1.807, 2.05) is 17.2 Å². The van der Waals surface area contributed by atoms with Crippen LogP contribution in [0.3, 0.4) is 0 Å². The second-order valence-corrected chi connectivity index (χ2v) is 5.96. The van der Waals surface area contributed by atoms with Gasteiger partial charge in [0.15, 0.2) is 0 Å². The Bertz CT molecular complexity index is 628. The molecule has 1 amide bonds. The zero-order valence-electron chi connectivity index (χ0n) is 11.9. The average molecular weight is 285 g/mol. The standard InChI is InChI=1S/C15H19N5O/c21-15(11-6-7-16-13(11)10-4-5-10)20-8-2-1-3-12(20)14-17-9-18-19-14/h6-7,9-10,12,16H,1-5,8H2,(H,17,18,19)/t12-/m1/s1. The van der Waals surface area contributed by atoms with Crippen molar-refractivity contribution in [3.05, 3.63) is 35.7 Å². The van der Waals surface area contributed by atoms with E-state index in [1.54, 1.807) is 0 Å². The molecule has 0 spiro atoms. The van der Waals surface area contributed by atoms with E-state index in [-0.39, 0.29) is 11.9 Å². The summed E-state index contributed by atoms with van der Waals surface area (Å²) in [6.07, 6.45) is 8.90. The van der Waals surface area contributed by atoms with Crippen molar-refractivity contribution in [2.45, 2.75) is 44.1 Å². The Kier molecular flexibility index (Phi) is 3.02. The number of aromatic amines is 2. The Balaban J connectivity index is 1.63. The summed E-state index contributed by atoms with van der Waals surface area (Å²) in [5, 5.41) is 6.85. The lowest BCUT2D eigenvalue weighted by Gasteiger charge is -2.34. The highest BCUT2D eigenvalue weighted by Crippen LogP contribution is 2.41. The lowest BCUT2D eigenvalue weighted by molar-refractivity contribution is 0.0599. The summed E-state index contributed by atoms with van der Waals surface area (Å²) >= 11 is 0. The van der Waals surface area contributed by atoms with E-state index < -0.39 is 0 Å². The maximum absolute atomic E-state index is 13.0. The average Bonchev–Trinajstić information content (AvgIpc) is 3.05. The first-order valence-electron chi connectivity index (χ1n) is 7.68. The van der Waals surface area contributed by atoms with E-state index in [0.29, 0.717) is 5.92 Å². The molecule has 6 heteroatoms. The maximum Gasteiger partial charge on any atom is 0.256 e. The molecule has 0 radical (unpaired) electrons. The van der Waals surface area contributed by atoms with Crippen molar-refractivity contribution in [1.29, 1.82) is 0 Å². The second kappa shape index (κ2) is 5.02. The number of H-pyrrole nitrogens is 2. The lowest BCUT2D eigenvalue weighted by atomic mass is 10.00. The number of likely N-dealkylation sites (tertiary alicyclic amines) is 1. The van der Waals surface area contributed by atoms with E-state index in [1.165, 1.54) is 19.2 Å². The van der Waals surface area contributed by atoms with Gasteiger partial charge in [0.05, 0.1) is 11.6 Å². The predicted molar refractivity (Wildman–Crippen MR) is 76.8 cm³/mol. The number of hydrogen-bond acceptors (Lipinski definition) is 3. The number of hydrogen-bond donors (Lipinski definition) is 2. The molecule has 1 saturated carbocycles. The quantitative estimate of drug-likeness (QED) is 0.909. The molecule has 1 aliphatic carbocycles. The van der Waals surface area contributed by atoms with Crippen molar-refractivity contribution in [3.63, 3.8) is 0 Å². The number of nitrogens with one attached hydrogen (secondary N) is 2. The Labute approximate surface area is 123 Å². The Morgan fingerprint density at radius 1 is 1.29 bits per heavy atom. The third kappa shape index (κ3) is 2.24. The molecule has 21 heavy (non-hydrogen) atoms. The van der Waals surface area contributed by atoms with Gasteiger partial charge in [0, 0.05) is 18.4 Å². The van der Waals surface area contributed by atoms with Crippen LogP contribution >= 0.6 is 0 Å². The number of amides is 1. The topological polar surface area (TPSA) is 77.7 Å². The number of carbonyl (C=O) groups excluding carboxylic acids is 1. The molecule has 2 N–H and O–H groups in total. The highest BCUT2D eigenvalue weighted by atomic mass is 16.2. The first kappa shape index (κ1) is 12.6. The first-order chi connectivity index (χ1) is 10.3. The smallest absolute Gasteiger partial charge is 0.256 e. The van der Waals surface area contributed by atoms with Gasteiger partial charge in [-0.15, -0.1) is 0 Å². The number of rotatable bonds is 3. The minimum Gasteiger partial charge on any atom is -0.364 e. The highest BCUT2D eigenvalue weighted by molar-refractivity contribution is 5.96. The molecule has 0 unspecified atom stereocenters. The summed E-state index contributed by atoms with van der Waals surface area (Å²) in [5.41, 5.74) is 1.95. The second-order valence-electron chi connectivity index (χ2n) is 5.96. The van der Waals surface area contributed by atoms with E-state index >= 15 is 0 Å². The fraction of sp³-hybridized carbons (Fsp3) is 0.533. The molecule has 6 nitrogen and oxygen atoms in total. The van der Waals surface area contributed by atoms with Crippen molar-refractivity contribution in [2.75, 3.05) is 6.54 Å². The summed E-state index contributed by atoms with van der Waals surface area (Å²) in [5.74, 6) is 1.47. The zero-order chi connectivity index (χ0) is 14.2. The van der Waals surface area contributed by atoms with E-state index in [2.05, 4.69) is 20.2 Å². The molecule has 110 valence electrons. The monoisotopic (exact) mass is 285 g/mol. The fourth-order valence-corrected chi connectivity index (χ4v) is 3.27. The minimum absolute atomic E-state index is 0.0238. The van der Waals surface area contributed by atoms with Crippen molar-refractivity contribution in [2.24, 2.45) is 0 Å². The summed E-state index contributed by atoms with van der Waals surface area (Å²) < 4.78 is 0. The SMILES string of the molecule is O=C(c1cc[nH]c1C1CC1)N1CCCC[C@@H]1c1ncn[nH]1. The Morgan fingerprint density at radius 3 is 2.95 bits per heavy atom. The van der Waals surface area contributed by atoms with E-state index in [4.69, 9.17) is 0 Å². The molecule has 1 aliphatic heterocycles. The van der Waals surface area contributed by atoms with E-state index in [0.717, 1.165) is 42.9 Å². The van der Waals surface area contributed by atoms with Gasteiger partial charge in [-0.05, 0) is 44.1 Å². The third-order valence-electron chi connectivity index (χ3n) is 4.51. The molecule has 1 atom stereocenters. The third-order valence-corrected chi connectivity index (χ3v) is 4.51.